The molecule has 2 amide bonds. The Balaban J connectivity index is 2.11. The predicted octanol–water partition coefficient (Wildman–Crippen LogP) is 2.87. The van der Waals surface area contributed by atoms with E-state index in [0.717, 1.165) is 12.8 Å². The van der Waals surface area contributed by atoms with E-state index in [1.165, 1.54) is 7.11 Å². The van der Waals surface area contributed by atoms with Crippen molar-refractivity contribution in [2.75, 3.05) is 12.4 Å². The summed E-state index contributed by atoms with van der Waals surface area (Å²) in [6.45, 7) is 0. The second-order valence-electron chi connectivity index (χ2n) is 5.02. The Kier molecular flexibility index (Phi) is 4.57. The first-order valence-electron chi connectivity index (χ1n) is 6.63. The lowest BCUT2D eigenvalue weighted by Gasteiger charge is -2.25. The number of carbonyl (C=O) groups excluding carboxylic acids is 1. The van der Waals surface area contributed by atoms with Gasteiger partial charge in [0.05, 0.1) is 12.8 Å². The molecule has 0 radical (unpaired) electrons. The van der Waals surface area contributed by atoms with E-state index in [-0.39, 0.29) is 0 Å². The number of aliphatic carboxylic acids is 1. The van der Waals surface area contributed by atoms with Gasteiger partial charge in [-0.15, -0.1) is 0 Å². The maximum atomic E-state index is 12.1. The fourth-order valence-electron chi connectivity index (χ4n) is 2.52. The molecule has 114 valence electrons. The highest BCUT2D eigenvalue weighted by Crippen LogP contribution is 2.31. The van der Waals surface area contributed by atoms with Crippen molar-refractivity contribution in [3.63, 3.8) is 0 Å². The summed E-state index contributed by atoms with van der Waals surface area (Å²) < 4.78 is 5.13. The van der Waals surface area contributed by atoms with Gasteiger partial charge in [0.25, 0.3) is 0 Å². The third kappa shape index (κ3) is 3.39. The highest BCUT2D eigenvalue weighted by molar-refractivity contribution is 6.31. The van der Waals surface area contributed by atoms with E-state index in [0.29, 0.717) is 29.3 Å². The molecule has 0 aliphatic heterocycles. The summed E-state index contributed by atoms with van der Waals surface area (Å²) in [5.74, 6) is -0.557. The highest BCUT2D eigenvalue weighted by atomic mass is 35.5. The van der Waals surface area contributed by atoms with Gasteiger partial charge in [-0.25, -0.2) is 9.59 Å². The van der Waals surface area contributed by atoms with Gasteiger partial charge < -0.3 is 20.5 Å². The van der Waals surface area contributed by atoms with Crippen LogP contribution in [0.5, 0.6) is 5.75 Å². The monoisotopic (exact) mass is 312 g/mol. The van der Waals surface area contributed by atoms with Crippen molar-refractivity contribution in [3.8, 4) is 5.75 Å². The normalized spacial score (nSPS) is 16.3. The number of urea groups is 1. The molecule has 0 heterocycles. The van der Waals surface area contributed by atoms with Gasteiger partial charge in [0.15, 0.2) is 0 Å². The summed E-state index contributed by atoms with van der Waals surface area (Å²) >= 11 is 5.88. The van der Waals surface area contributed by atoms with Gasteiger partial charge >= 0.3 is 12.0 Å². The lowest BCUT2D eigenvalue weighted by Crippen LogP contribution is -2.53. The Bertz CT molecular complexity index is 556. The van der Waals surface area contributed by atoms with Crippen LogP contribution in [-0.2, 0) is 4.79 Å². The molecule has 0 aromatic heterocycles. The zero-order chi connectivity index (χ0) is 15.5. The Hall–Kier alpha value is -1.95. The molecule has 1 aliphatic rings. The summed E-state index contributed by atoms with van der Waals surface area (Å²) in [5, 5.41) is 14.9. The second kappa shape index (κ2) is 6.22. The molecule has 0 saturated heterocycles. The Morgan fingerprint density at radius 3 is 2.57 bits per heavy atom. The summed E-state index contributed by atoms with van der Waals surface area (Å²) in [6.07, 6.45) is 2.44. The predicted molar refractivity (Wildman–Crippen MR) is 79.0 cm³/mol. The van der Waals surface area contributed by atoms with Crippen LogP contribution in [0, 0.1) is 0 Å². The van der Waals surface area contributed by atoms with E-state index in [1.54, 1.807) is 18.2 Å². The molecule has 0 bridgehead atoms. The van der Waals surface area contributed by atoms with Crippen molar-refractivity contribution in [2.24, 2.45) is 0 Å². The SMILES string of the molecule is COc1ccc(Cl)cc1NC(=O)NC1(C(=O)O)CCCC1. The summed E-state index contributed by atoms with van der Waals surface area (Å²) in [5.41, 5.74) is -0.795. The molecule has 1 aromatic rings. The van der Waals surface area contributed by atoms with Gasteiger partial charge in [0, 0.05) is 5.02 Å². The molecule has 0 spiro atoms. The minimum absolute atomic E-state index is 0.390. The van der Waals surface area contributed by atoms with Crippen molar-refractivity contribution < 1.29 is 19.4 Å². The Labute approximate surface area is 127 Å². The maximum Gasteiger partial charge on any atom is 0.329 e. The Morgan fingerprint density at radius 1 is 1.33 bits per heavy atom. The van der Waals surface area contributed by atoms with Crippen LogP contribution in [0.3, 0.4) is 0 Å². The molecular formula is C14H17ClN2O4. The third-order valence-electron chi connectivity index (χ3n) is 3.63. The first-order chi connectivity index (χ1) is 9.97. The standard InChI is InChI=1S/C14H17ClN2O4/c1-21-11-5-4-9(15)8-10(11)16-13(20)17-14(12(18)19)6-2-3-7-14/h4-5,8H,2-3,6-7H2,1H3,(H,18,19)(H2,16,17,20). The zero-order valence-electron chi connectivity index (χ0n) is 11.6. The first-order valence-corrected chi connectivity index (χ1v) is 7.01. The number of ether oxygens (including phenoxy) is 1. The zero-order valence-corrected chi connectivity index (χ0v) is 12.4. The number of amides is 2. The van der Waals surface area contributed by atoms with Crippen molar-refractivity contribution in [2.45, 2.75) is 31.2 Å². The van der Waals surface area contributed by atoms with Crippen LogP contribution in [0.1, 0.15) is 25.7 Å². The number of rotatable bonds is 4. The van der Waals surface area contributed by atoms with Crippen molar-refractivity contribution in [1.82, 2.24) is 5.32 Å². The van der Waals surface area contributed by atoms with Crippen LogP contribution in [0.15, 0.2) is 18.2 Å². The molecule has 2 rings (SSSR count). The minimum atomic E-state index is -1.18. The average Bonchev–Trinajstić information content (AvgIpc) is 2.88. The fourth-order valence-corrected chi connectivity index (χ4v) is 2.69. The average molecular weight is 313 g/mol. The molecule has 1 aliphatic carbocycles. The third-order valence-corrected chi connectivity index (χ3v) is 3.86. The van der Waals surface area contributed by atoms with E-state index in [4.69, 9.17) is 16.3 Å². The number of carbonyl (C=O) groups is 2. The van der Waals surface area contributed by atoms with Crippen LogP contribution >= 0.6 is 11.6 Å². The quantitative estimate of drug-likeness (QED) is 0.797. The number of benzene rings is 1. The van der Waals surface area contributed by atoms with Gasteiger partial charge in [-0.3, -0.25) is 0 Å². The van der Waals surface area contributed by atoms with Gasteiger partial charge in [-0.2, -0.15) is 0 Å². The molecular weight excluding hydrogens is 296 g/mol. The molecule has 0 unspecified atom stereocenters. The summed E-state index contributed by atoms with van der Waals surface area (Å²) in [7, 11) is 1.47. The minimum Gasteiger partial charge on any atom is -0.495 e. The number of carboxylic acids is 1. The topological polar surface area (TPSA) is 87.7 Å². The fraction of sp³-hybridized carbons (Fsp3) is 0.429. The second-order valence-corrected chi connectivity index (χ2v) is 5.45. The van der Waals surface area contributed by atoms with E-state index in [9.17, 15) is 14.7 Å². The lowest BCUT2D eigenvalue weighted by atomic mass is 9.98. The molecule has 6 nitrogen and oxygen atoms in total. The van der Waals surface area contributed by atoms with E-state index >= 15 is 0 Å². The van der Waals surface area contributed by atoms with Gasteiger partial charge in [0.2, 0.25) is 0 Å². The smallest absolute Gasteiger partial charge is 0.329 e. The highest BCUT2D eigenvalue weighted by Gasteiger charge is 2.42. The summed E-state index contributed by atoms with van der Waals surface area (Å²) in [4.78, 5) is 23.5. The number of methoxy groups -OCH3 is 1. The van der Waals surface area contributed by atoms with Crippen molar-refractivity contribution in [1.29, 1.82) is 0 Å². The molecule has 3 N–H and O–H groups in total. The van der Waals surface area contributed by atoms with Crippen LogP contribution in [0.25, 0.3) is 0 Å². The molecule has 1 saturated carbocycles. The molecule has 0 atom stereocenters. The maximum absolute atomic E-state index is 12.1. The van der Waals surface area contributed by atoms with Crippen LogP contribution in [-0.4, -0.2) is 29.8 Å². The largest absolute Gasteiger partial charge is 0.495 e. The molecule has 21 heavy (non-hydrogen) atoms. The number of hydrogen-bond acceptors (Lipinski definition) is 3. The molecule has 1 fully saturated rings. The lowest BCUT2D eigenvalue weighted by molar-refractivity contribution is -0.144. The number of nitrogens with one attached hydrogen (secondary N) is 2. The van der Waals surface area contributed by atoms with Gasteiger partial charge in [-0.1, -0.05) is 24.4 Å². The number of hydrogen-bond donors (Lipinski definition) is 3. The first kappa shape index (κ1) is 15.4. The number of carboxylic acid groups (broad SMARTS) is 1. The van der Waals surface area contributed by atoms with Crippen LogP contribution in [0.2, 0.25) is 5.02 Å². The molecule has 1 aromatic carbocycles. The number of halogens is 1. The van der Waals surface area contributed by atoms with Crippen molar-refractivity contribution >= 4 is 29.3 Å². The van der Waals surface area contributed by atoms with E-state index in [1.807, 2.05) is 0 Å². The van der Waals surface area contributed by atoms with E-state index in [2.05, 4.69) is 10.6 Å². The van der Waals surface area contributed by atoms with Crippen LogP contribution in [0.4, 0.5) is 10.5 Å². The number of anilines is 1. The van der Waals surface area contributed by atoms with Gasteiger partial charge in [-0.05, 0) is 31.0 Å². The summed E-state index contributed by atoms with van der Waals surface area (Å²) in [6, 6.07) is 4.22. The van der Waals surface area contributed by atoms with Crippen molar-refractivity contribution in [3.05, 3.63) is 23.2 Å². The van der Waals surface area contributed by atoms with Gasteiger partial charge in [0.1, 0.15) is 11.3 Å². The Morgan fingerprint density at radius 2 is 2.00 bits per heavy atom. The molecule has 7 heteroatoms. The van der Waals surface area contributed by atoms with E-state index < -0.39 is 17.5 Å². The van der Waals surface area contributed by atoms with Crippen LogP contribution < -0.4 is 15.4 Å².